The summed E-state index contributed by atoms with van der Waals surface area (Å²) in [7, 11) is 0. The molecule has 2 rings (SSSR count). The van der Waals surface area contributed by atoms with E-state index < -0.39 is 48.2 Å². The van der Waals surface area contributed by atoms with Crippen molar-refractivity contribution < 1.29 is 29.1 Å². The zero-order valence-corrected chi connectivity index (χ0v) is 18.1. The van der Waals surface area contributed by atoms with Gasteiger partial charge in [0.05, 0.1) is 12.5 Å². The molecule has 2 saturated heterocycles. The van der Waals surface area contributed by atoms with Gasteiger partial charge in [0.15, 0.2) is 0 Å². The van der Waals surface area contributed by atoms with E-state index in [4.69, 9.17) is 5.73 Å². The number of carbonyl (C=O) groups is 5. The molecule has 0 radical (unpaired) electrons. The first-order chi connectivity index (χ1) is 14.6. The molecule has 4 amide bonds. The predicted molar refractivity (Wildman–Crippen MR) is 111 cm³/mol. The number of hydrogen-bond acceptors (Lipinski definition) is 6. The van der Waals surface area contributed by atoms with Crippen molar-refractivity contribution in [3.63, 3.8) is 0 Å². The van der Waals surface area contributed by atoms with E-state index in [2.05, 4.69) is 16.0 Å². The van der Waals surface area contributed by atoms with Crippen LogP contribution in [0.15, 0.2) is 0 Å². The number of primary amides is 1. The minimum absolute atomic E-state index is 0.145. The Kier molecular flexibility index (Phi) is 8.78. The summed E-state index contributed by atoms with van der Waals surface area (Å²) in [5.74, 6) is -3.87. The number of aliphatic carboxylic acids is 1. The van der Waals surface area contributed by atoms with Crippen LogP contribution in [0.4, 0.5) is 0 Å². The summed E-state index contributed by atoms with van der Waals surface area (Å²) >= 11 is 0. The third-order valence-electron chi connectivity index (χ3n) is 6.01. The van der Waals surface area contributed by atoms with Crippen LogP contribution in [0.5, 0.6) is 0 Å². The first kappa shape index (κ1) is 24.6. The van der Waals surface area contributed by atoms with Gasteiger partial charge in [-0.25, -0.2) is 4.79 Å². The first-order valence-electron chi connectivity index (χ1n) is 10.8. The molecule has 0 aromatic rings. The van der Waals surface area contributed by atoms with Crippen LogP contribution in [-0.2, 0) is 24.0 Å². The second-order valence-corrected chi connectivity index (χ2v) is 8.28. The fourth-order valence-electron chi connectivity index (χ4n) is 4.01. The zero-order chi connectivity index (χ0) is 23.1. The van der Waals surface area contributed by atoms with E-state index in [-0.39, 0.29) is 17.9 Å². The molecule has 0 aromatic heterocycles. The Bertz CT molecular complexity index is 708. The summed E-state index contributed by atoms with van der Waals surface area (Å²) in [6, 6.07) is -3.55. The Balaban J connectivity index is 2.08. The summed E-state index contributed by atoms with van der Waals surface area (Å²) < 4.78 is 0. The van der Waals surface area contributed by atoms with Gasteiger partial charge in [-0.15, -0.1) is 0 Å². The molecule has 0 aromatic carbocycles. The van der Waals surface area contributed by atoms with Gasteiger partial charge in [-0.2, -0.15) is 0 Å². The van der Waals surface area contributed by atoms with E-state index >= 15 is 0 Å². The normalized spacial score (nSPS) is 23.6. The second kappa shape index (κ2) is 11.1. The van der Waals surface area contributed by atoms with Crippen LogP contribution in [-0.4, -0.2) is 76.9 Å². The van der Waals surface area contributed by atoms with E-state index in [0.29, 0.717) is 32.2 Å². The zero-order valence-electron chi connectivity index (χ0n) is 18.1. The second-order valence-electron chi connectivity index (χ2n) is 8.28. The molecule has 2 aliphatic heterocycles. The molecule has 31 heavy (non-hydrogen) atoms. The summed E-state index contributed by atoms with van der Waals surface area (Å²) in [6.45, 7) is 4.67. The highest BCUT2D eigenvalue weighted by Crippen LogP contribution is 2.21. The number of hydrogen-bond donors (Lipinski definition) is 5. The van der Waals surface area contributed by atoms with Gasteiger partial charge in [-0.05, 0) is 38.1 Å². The lowest BCUT2D eigenvalue weighted by Crippen LogP contribution is -2.57. The lowest BCUT2D eigenvalue weighted by molar-refractivity contribution is -0.144. The minimum Gasteiger partial charge on any atom is -0.480 e. The van der Waals surface area contributed by atoms with Crippen molar-refractivity contribution in [3.05, 3.63) is 0 Å². The standard InChI is InChI=1S/C20H33N5O6/c1-3-11(2)16(20(30)31)24-17(27)13(10-15(21)26)23-18(28)14-7-5-9-25(14)19(29)12-6-4-8-22-12/h11-14,16,22H,3-10H2,1-2H3,(H2,21,26)(H,23,28)(H,24,27)(H,30,31). The molecule has 0 spiro atoms. The lowest BCUT2D eigenvalue weighted by atomic mass is 9.98. The molecule has 2 fully saturated rings. The van der Waals surface area contributed by atoms with Crippen LogP contribution < -0.4 is 21.7 Å². The first-order valence-corrected chi connectivity index (χ1v) is 10.8. The molecule has 6 N–H and O–H groups in total. The highest BCUT2D eigenvalue weighted by molar-refractivity contribution is 5.96. The van der Waals surface area contributed by atoms with Crippen molar-refractivity contribution in [1.29, 1.82) is 0 Å². The molecule has 0 saturated carbocycles. The highest BCUT2D eigenvalue weighted by Gasteiger charge is 2.39. The van der Waals surface area contributed by atoms with Gasteiger partial charge in [-0.3, -0.25) is 19.2 Å². The number of nitrogens with one attached hydrogen (secondary N) is 3. The van der Waals surface area contributed by atoms with Gasteiger partial charge >= 0.3 is 5.97 Å². The van der Waals surface area contributed by atoms with Gasteiger partial charge in [-0.1, -0.05) is 20.3 Å². The average Bonchev–Trinajstić information content (AvgIpc) is 3.41. The molecule has 5 atom stereocenters. The maximum Gasteiger partial charge on any atom is 0.326 e. The minimum atomic E-state index is -1.32. The van der Waals surface area contributed by atoms with Gasteiger partial charge in [0.25, 0.3) is 0 Å². The number of likely N-dealkylation sites (tertiary alicyclic amines) is 1. The van der Waals surface area contributed by atoms with Crippen LogP contribution in [0.3, 0.4) is 0 Å². The number of rotatable bonds is 10. The monoisotopic (exact) mass is 439 g/mol. The van der Waals surface area contributed by atoms with Gasteiger partial charge in [0, 0.05) is 6.54 Å². The van der Waals surface area contributed by atoms with Crippen molar-refractivity contribution in [3.8, 4) is 0 Å². The maximum atomic E-state index is 12.9. The number of amides is 4. The summed E-state index contributed by atoms with van der Waals surface area (Å²) in [5.41, 5.74) is 5.24. The van der Waals surface area contributed by atoms with E-state index in [9.17, 15) is 29.1 Å². The third kappa shape index (κ3) is 6.39. The molecule has 174 valence electrons. The fraction of sp³-hybridized carbons (Fsp3) is 0.750. The number of carboxylic acids is 1. The van der Waals surface area contributed by atoms with Crippen LogP contribution in [0, 0.1) is 5.92 Å². The predicted octanol–water partition coefficient (Wildman–Crippen LogP) is -1.29. The Morgan fingerprint density at radius 1 is 1.16 bits per heavy atom. The van der Waals surface area contributed by atoms with Crippen LogP contribution >= 0.6 is 0 Å². The van der Waals surface area contributed by atoms with E-state index in [1.54, 1.807) is 13.8 Å². The quantitative estimate of drug-likeness (QED) is 0.282. The van der Waals surface area contributed by atoms with E-state index in [1.807, 2.05) is 0 Å². The highest BCUT2D eigenvalue weighted by atomic mass is 16.4. The molecular formula is C20H33N5O6. The Morgan fingerprint density at radius 3 is 2.42 bits per heavy atom. The van der Waals surface area contributed by atoms with Crippen LogP contribution in [0.2, 0.25) is 0 Å². The molecule has 0 aliphatic carbocycles. The van der Waals surface area contributed by atoms with Crippen molar-refractivity contribution in [2.24, 2.45) is 11.7 Å². The number of carboxylic acid groups (broad SMARTS) is 1. The van der Waals surface area contributed by atoms with Gasteiger partial charge in [0.2, 0.25) is 23.6 Å². The average molecular weight is 440 g/mol. The smallest absolute Gasteiger partial charge is 0.326 e. The maximum absolute atomic E-state index is 12.9. The Morgan fingerprint density at radius 2 is 1.87 bits per heavy atom. The summed E-state index contributed by atoms with van der Waals surface area (Å²) in [5, 5.41) is 17.4. The summed E-state index contributed by atoms with van der Waals surface area (Å²) in [6.07, 6.45) is 2.73. The van der Waals surface area contributed by atoms with E-state index in [1.165, 1.54) is 4.90 Å². The molecule has 11 heteroatoms. The Labute approximate surface area is 181 Å². The topological polar surface area (TPSA) is 171 Å². The van der Waals surface area contributed by atoms with Crippen molar-refractivity contribution in [2.45, 2.75) is 76.5 Å². The SMILES string of the molecule is CCC(C)C(NC(=O)C(CC(N)=O)NC(=O)C1CCCN1C(=O)C1CCCN1)C(=O)O. The van der Waals surface area contributed by atoms with Crippen molar-refractivity contribution >= 4 is 29.6 Å². The molecule has 0 bridgehead atoms. The van der Waals surface area contributed by atoms with Gasteiger partial charge < -0.3 is 31.7 Å². The molecule has 11 nitrogen and oxygen atoms in total. The van der Waals surface area contributed by atoms with E-state index in [0.717, 1.165) is 13.0 Å². The summed E-state index contributed by atoms with van der Waals surface area (Å²) in [4.78, 5) is 62.9. The number of nitrogens with two attached hydrogens (primary N) is 1. The number of carbonyl (C=O) groups excluding carboxylic acids is 4. The number of nitrogens with zero attached hydrogens (tertiary/aromatic N) is 1. The fourth-order valence-corrected chi connectivity index (χ4v) is 4.01. The molecule has 2 aliphatic rings. The van der Waals surface area contributed by atoms with Crippen molar-refractivity contribution in [1.82, 2.24) is 20.9 Å². The molecule has 2 heterocycles. The third-order valence-corrected chi connectivity index (χ3v) is 6.01. The van der Waals surface area contributed by atoms with Gasteiger partial charge in [0.1, 0.15) is 18.1 Å². The lowest BCUT2D eigenvalue weighted by Gasteiger charge is -2.29. The Hall–Kier alpha value is -2.69. The van der Waals surface area contributed by atoms with Crippen molar-refractivity contribution in [2.75, 3.05) is 13.1 Å². The molecule has 5 unspecified atom stereocenters. The molecular weight excluding hydrogens is 406 g/mol. The van der Waals surface area contributed by atoms with Crippen LogP contribution in [0.25, 0.3) is 0 Å². The largest absolute Gasteiger partial charge is 0.480 e. The van der Waals surface area contributed by atoms with Crippen LogP contribution in [0.1, 0.15) is 52.4 Å².